The van der Waals surface area contributed by atoms with Crippen LogP contribution in [0.3, 0.4) is 0 Å². The minimum absolute atomic E-state index is 0.153. The van der Waals surface area contributed by atoms with Crippen molar-refractivity contribution in [2.75, 3.05) is 0 Å². The number of rotatable bonds is 3. The summed E-state index contributed by atoms with van der Waals surface area (Å²) in [6, 6.07) is 12.8. The first-order valence-electron chi connectivity index (χ1n) is 7.06. The summed E-state index contributed by atoms with van der Waals surface area (Å²) in [7, 11) is 0. The fourth-order valence-electron chi connectivity index (χ4n) is 3.09. The predicted octanol–water partition coefficient (Wildman–Crippen LogP) is 4.37. The van der Waals surface area contributed by atoms with Gasteiger partial charge in [-0.1, -0.05) is 29.8 Å². The zero-order chi connectivity index (χ0) is 15.9. The monoisotopic (exact) mass is 314 g/mol. The number of benzene rings is 2. The molecule has 0 aromatic heterocycles. The molecule has 3 rings (SSSR count). The second-order valence-corrected chi connectivity index (χ2v) is 5.94. The van der Waals surface area contributed by atoms with Crippen LogP contribution < -0.4 is 4.74 Å². The maximum atomic E-state index is 12.1. The highest BCUT2D eigenvalue weighted by Crippen LogP contribution is 2.48. The smallest absolute Gasteiger partial charge is 0.141 e. The second-order valence-electron chi connectivity index (χ2n) is 5.50. The fraction of sp³-hybridized carbons (Fsp3) is 0.222. The Hall–Kier alpha value is -2.13. The third-order valence-electron chi connectivity index (χ3n) is 3.99. The normalized spacial score (nSPS) is 15.7. The quantitative estimate of drug-likeness (QED) is 0.790. The number of halogens is 1. The highest BCUT2D eigenvalue weighted by Gasteiger charge is 2.38. The maximum absolute atomic E-state index is 12.1. The van der Waals surface area contributed by atoms with Crippen molar-refractivity contribution in [3.63, 3.8) is 0 Å². The second kappa shape index (κ2) is 5.58. The first-order chi connectivity index (χ1) is 10.5. The van der Waals surface area contributed by atoms with Crippen molar-refractivity contribution in [1.29, 1.82) is 0 Å². The Labute approximate surface area is 133 Å². The molecule has 0 saturated heterocycles. The van der Waals surface area contributed by atoms with Gasteiger partial charge in [0, 0.05) is 22.1 Å². The van der Waals surface area contributed by atoms with Crippen LogP contribution in [0.4, 0.5) is 0 Å². The number of ketones is 2. The molecular formula is C18H15ClO3. The van der Waals surface area contributed by atoms with Crippen molar-refractivity contribution in [3.8, 4) is 11.5 Å². The lowest BCUT2D eigenvalue weighted by Crippen LogP contribution is -2.29. The Balaban J connectivity index is 2.25. The maximum Gasteiger partial charge on any atom is 0.141 e. The summed E-state index contributed by atoms with van der Waals surface area (Å²) in [6.07, 6.45) is 0. The van der Waals surface area contributed by atoms with E-state index in [-0.39, 0.29) is 17.5 Å². The molecule has 0 saturated carbocycles. The van der Waals surface area contributed by atoms with Crippen molar-refractivity contribution in [2.24, 2.45) is 5.92 Å². The third kappa shape index (κ3) is 2.42. The van der Waals surface area contributed by atoms with Gasteiger partial charge in [0.1, 0.15) is 23.1 Å². The van der Waals surface area contributed by atoms with E-state index in [1.54, 1.807) is 18.2 Å². The fourth-order valence-corrected chi connectivity index (χ4v) is 3.27. The van der Waals surface area contributed by atoms with E-state index < -0.39 is 5.92 Å². The van der Waals surface area contributed by atoms with Gasteiger partial charge < -0.3 is 4.74 Å². The van der Waals surface area contributed by atoms with Crippen LogP contribution in [0.1, 0.15) is 30.9 Å². The number of ether oxygens (including phenoxy) is 1. The molecule has 0 fully saturated rings. The Morgan fingerprint density at radius 3 is 2.32 bits per heavy atom. The van der Waals surface area contributed by atoms with E-state index in [9.17, 15) is 9.59 Å². The molecule has 2 aromatic carbocycles. The Bertz CT molecular complexity index is 753. The van der Waals surface area contributed by atoms with E-state index in [4.69, 9.17) is 16.3 Å². The molecule has 0 spiro atoms. The van der Waals surface area contributed by atoms with Gasteiger partial charge in [0.15, 0.2) is 0 Å². The number of para-hydroxylation sites is 1. The van der Waals surface area contributed by atoms with Crippen LogP contribution >= 0.6 is 11.6 Å². The molecule has 2 aromatic rings. The molecule has 1 aliphatic rings. The van der Waals surface area contributed by atoms with Gasteiger partial charge in [0.05, 0.1) is 5.92 Å². The zero-order valence-corrected chi connectivity index (χ0v) is 13.1. The number of carbonyl (C=O) groups is 2. The highest BCUT2D eigenvalue weighted by molar-refractivity contribution is 6.30. The summed E-state index contributed by atoms with van der Waals surface area (Å²) < 4.78 is 5.89. The van der Waals surface area contributed by atoms with E-state index in [0.29, 0.717) is 16.5 Å². The Morgan fingerprint density at radius 2 is 1.64 bits per heavy atom. The average Bonchev–Trinajstić information content (AvgIpc) is 2.46. The molecule has 0 radical (unpaired) electrons. The molecule has 1 aliphatic heterocycles. The van der Waals surface area contributed by atoms with E-state index in [1.807, 2.05) is 24.3 Å². The van der Waals surface area contributed by atoms with Gasteiger partial charge in [0.2, 0.25) is 0 Å². The first-order valence-corrected chi connectivity index (χ1v) is 7.44. The van der Waals surface area contributed by atoms with Gasteiger partial charge in [-0.05, 0) is 38.1 Å². The van der Waals surface area contributed by atoms with E-state index in [0.717, 1.165) is 11.1 Å². The minimum Gasteiger partial charge on any atom is -0.457 e. The van der Waals surface area contributed by atoms with Gasteiger partial charge in [-0.2, -0.15) is 0 Å². The van der Waals surface area contributed by atoms with Crippen molar-refractivity contribution in [3.05, 3.63) is 58.6 Å². The molecule has 3 nitrogen and oxygen atoms in total. The van der Waals surface area contributed by atoms with Crippen molar-refractivity contribution in [1.82, 2.24) is 0 Å². The highest BCUT2D eigenvalue weighted by atomic mass is 35.5. The van der Waals surface area contributed by atoms with E-state index in [1.165, 1.54) is 13.8 Å². The van der Waals surface area contributed by atoms with Crippen LogP contribution in [0.5, 0.6) is 11.5 Å². The van der Waals surface area contributed by atoms with Crippen molar-refractivity contribution in [2.45, 2.75) is 19.8 Å². The van der Waals surface area contributed by atoms with Gasteiger partial charge >= 0.3 is 0 Å². The lowest BCUT2D eigenvalue weighted by Gasteiger charge is -2.31. The topological polar surface area (TPSA) is 43.4 Å². The van der Waals surface area contributed by atoms with Crippen molar-refractivity contribution < 1.29 is 14.3 Å². The molecule has 1 unspecified atom stereocenters. The zero-order valence-electron chi connectivity index (χ0n) is 12.3. The largest absolute Gasteiger partial charge is 0.457 e. The number of Topliss-reactive ketones (excluding diaryl/α,β-unsaturated/α-hetero) is 2. The SMILES string of the molecule is CC(=O)C(C(C)=O)C1c2ccccc2Oc2ccc(Cl)cc21. The molecule has 112 valence electrons. The van der Waals surface area contributed by atoms with E-state index in [2.05, 4.69) is 0 Å². The van der Waals surface area contributed by atoms with Crippen LogP contribution in [-0.4, -0.2) is 11.6 Å². The summed E-state index contributed by atoms with van der Waals surface area (Å²) in [6.45, 7) is 2.91. The molecule has 0 N–H and O–H groups in total. The lowest BCUT2D eigenvalue weighted by molar-refractivity contribution is -0.130. The summed E-state index contributed by atoms with van der Waals surface area (Å²) >= 11 is 6.11. The molecule has 22 heavy (non-hydrogen) atoms. The van der Waals surface area contributed by atoms with Gasteiger partial charge in [-0.3, -0.25) is 9.59 Å². The predicted molar refractivity (Wildman–Crippen MR) is 84.7 cm³/mol. The molecular weight excluding hydrogens is 300 g/mol. The molecule has 1 heterocycles. The average molecular weight is 315 g/mol. The van der Waals surface area contributed by atoms with Gasteiger partial charge in [0.25, 0.3) is 0 Å². The van der Waals surface area contributed by atoms with Crippen LogP contribution in [0.2, 0.25) is 5.02 Å². The minimum atomic E-state index is -0.734. The molecule has 0 bridgehead atoms. The Morgan fingerprint density at radius 1 is 1.00 bits per heavy atom. The van der Waals surface area contributed by atoms with Crippen LogP contribution in [-0.2, 0) is 9.59 Å². The standard InChI is InChI=1S/C18H15ClO3/c1-10(20)17(11(2)21)18-13-5-3-4-6-15(13)22-16-8-7-12(19)9-14(16)18/h3-9,17-18H,1-2H3. The number of hydrogen-bond acceptors (Lipinski definition) is 3. The molecule has 4 heteroatoms. The summed E-state index contributed by atoms with van der Waals surface area (Å²) in [5.41, 5.74) is 1.62. The van der Waals surface area contributed by atoms with Gasteiger partial charge in [-0.15, -0.1) is 0 Å². The van der Waals surface area contributed by atoms with E-state index >= 15 is 0 Å². The summed E-state index contributed by atoms with van der Waals surface area (Å²) in [5, 5.41) is 0.553. The van der Waals surface area contributed by atoms with Gasteiger partial charge in [-0.25, -0.2) is 0 Å². The number of fused-ring (bicyclic) bond motifs is 2. The lowest BCUT2D eigenvalue weighted by atomic mass is 9.75. The molecule has 0 aliphatic carbocycles. The van der Waals surface area contributed by atoms with Crippen molar-refractivity contribution >= 4 is 23.2 Å². The number of hydrogen-bond donors (Lipinski definition) is 0. The molecule has 1 atom stereocenters. The summed E-state index contributed by atoms with van der Waals surface area (Å²) in [4.78, 5) is 24.2. The van der Waals surface area contributed by atoms with Crippen LogP contribution in [0.25, 0.3) is 0 Å². The Kier molecular flexibility index (Phi) is 3.75. The van der Waals surface area contributed by atoms with Crippen LogP contribution in [0.15, 0.2) is 42.5 Å². The van der Waals surface area contributed by atoms with Crippen LogP contribution in [0, 0.1) is 5.92 Å². The third-order valence-corrected chi connectivity index (χ3v) is 4.23. The number of carbonyl (C=O) groups excluding carboxylic acids is 2. The molecule has 0 amide bonds. The summed E-state index contributed by atoms with van der Waals surface area (Å²) in [5.74, 6) is -0.0911. The first kappa shape index (κ1) is 14.8.